The Labute approximate surface area is 188 Å². The van der Waals surface area contributed by atoms with Crippen molar-refractivity contribution in [1.29, 1.82) is 0 Å². The van der Waals surface area contributed by atoms with E-state index in [-0.39, 0.29) is 6.61 Å². The molecule has 1 heterocycles. The van der Waals surface area contributed by atoms with Gasteiger partial charge in [0.05, 0.1) is 19.3 Å². The van der Waals surface area contributed by atoms with Crippen LogP contribution in [-0.4, -0.2) is 41.0 Å². The molecule has 1 amide bonds. The average Bonchev–Trinajstić information content (AvgIpc) is 3.15. The van der Waals surface area contributed by atoms with Crippen LogP contribution in [0, 0.1) is 11.8 Å². The summed E-state index contributed by atoms with van der Waals surface area (Å²) in [7, 11) is 0. The number of aliphatic hydroxyl groups is 1. The number of amides is 1. The summed E-state index contributed by atoms with van der Waals surface area (Å²) in [5, 5.41) is 10.8. The lowest BCUT2D eigenvalue weighted by molar-refractivity contribution is 0.0123. The maximum atomic E-state index is 12.7. The predicted molar refractivity (Wildman–Crippen MR) is 121 cm³/mol. The zero-order valence-corrected chi connectivity index (χ0v) is 17.6. The lowest BCUT2D eigenvalue weighted by Gasteiger charge is -2.25. The highest BCUT2D eigenvalue weighted by Crippen LogP contribution is 2.25. The number of carbonyl (C=O) groups excluding carboxylic acids is 1. The predicted octanol–water partition coefficient (Wildman–Crippen LogP) is 4.01. The van der Waals surface area contributed by atoms with Gasteiger partial charge in [0.1, 0.15) is 0 Å². The Hall–Kier alpha value is -3.59. The van der Waals surface area contributed by atoms with Crippen LogP contribution in [0.3, 0.4) is 0 Å². The Balaban J connectivity index is 1.50. The van der Waals surface area contributed by atoms with Crippen LogP contribution in [-0.2, 0) is 22.6 Å². The van der Waals surface area contributed by atoms with E-state index in [1.165, 1.54) is 0 Å². The first-order chi connectivity index (χ1) is 15.7. The van der Waals surface area contributed by atoms with E-state index in [1.54, 1.807) is 4.90 Å². The Bertz CT molecular complexity index is 1060. The molecule has 1 aliphatic heterocycles. The van der Waals surface area contributed by atoms with Crippen LogP contribution < -0.4 is 0 Å². The van der Waals surface area contributed by atoms with Gasteiger partial charge < -0.3 is 14.6 Å². The first kappa shape index (κ1) is 21.6. The third-order valence-corrected chi connectivity index (χ3v) is 5.30. The summed E-state index contributed by atoms with van der Waals surface area (Å²) in [5.41, 5.74) is 2.80. The van der Waals surface area contributed by atoms with Crippen LogP contribution in [0.15, 0.2) is 91.0 Å². The lowest BCUT2D eigenvalue weighted by atomic mass is 10.0. The largest absolute Gasteiger partial charge is 0.440 e. The molecule has 5 nitrogen and oxygen atoms in total. The molecule has 3 aromatic rings. The van der Waals surface area contributed by atoms with Gasteiger partial charge in [-0.1, -0.05) is 90.7 Å². The molecule has 1 fully saturated rings. The second kappa shape index (κ2) is 10.6. The molecule has 5 heteroatoms. The Morgan fingerprint density at radius 3 is 2.16 bits per heavy atom. The highest BCUT2D eigenvalue weighted by Gasteiger charge is 2.45. The fourth-order valence-electron chi connectivity index (χ4n) is 3.63. The summed E-state index contributed by atoms with van der Waals surface area (Å²) in [5.74, 6) is 5.78. The molecule has 3 atom stereocenters. The van der Waals surface area contributed by atoms with Crippen molar-refractivity contribution in [2.45, 2.75) is 31.4 Å². The van der Waals surface area contributed by atoms with Crippen molar-refractivity contribution < 1.29 is 19.4 Å². The maximum Gasteiger partial charge on any atom is 0.411 e. The van der Waals surface area contributed by atoms with E-state index in [9.17, 15) is 9.90 Å². The molecule has 32 heavy (non-hydrogen) atoms. The van der Waals surface area contributed by atoms with Gasteiger partial charge in [0.25, 0.3) is 0 Å². The molecule has 1 saturated heterocycles. The molecule has 1 N–H and O–H groups in total. The van der Waals surface area contributed by atoms with Crippen molar-refractivity contribution in [3.63, 3.8) is 0 Å². The zero-order chi connectivity index (χ0) is 22.2. The van der Waals surface area contributed by atoms with E-state index >= 15 is 0 Å². The van der Waals surface area contributed by atoms with Gasteiger partial charge in [-0.3, -0.25) is 4.90 Å². The Kier molecular flexibility index (Phi) is 7.19. The Morgan fingerprint density at radius 2 is 1.50 bits per heavy atom. The van der Waals surface area contributed by atoms with E-state index in [2.05, 4.69) is 11.8 Å². The van der Waals surface area contributed by atoms with Crippen LogP contribution in [0.25, 0.3) is 0 Å². The third-order valence-electron chi connectivity index (χ3n) is 5.30. The van der Waals surface area contributed by atoms with Gasteiger partial charge >= 0.3 is 6.09 Å². The van der Waals surface area contributed by atoms with Crippen LogP contribution in [0.2, 0.25) is 0 Å². The lowest BCUT2D eigenvalue weighted by Crippen LogP contribution is -2.44. The molecule has 162 valence electrons. The van der Waals surface area contributed by atoms with Crippen molar-refractivity contribution >= 4 is 6.09 Å². The highest BCUT2D eigenvalue weighted by atomic mass is 16.6. The summed E-state index contributed by atoms with van der Waals surface area (Å²) in [4.78, 5) is 14.3. The summed E-state index contributed by atoms with van der Waals surface area (Å²) >= 11 is 0. The van der Waals surface area contributed by atoms with Gasteiger partial charge in [-0.25, -0.2) is 4.79 Å². The van der Waals surface area contributed by atoms with Crippen LogP contribution in [0.5, 0.6) is 0 Å². The number of nitrogens with zero attached hydrogens (tertiary/aromatic N) is 1. The molecule has 0 spiro atoms. The molecule has 4 rings (SSSR count). The van der Waals surface area contributed by atoms with Crippen LogP contribution in [0.4, 0.5) is 4.79 Å². The molecule has 0 unspecified atom stereocenters. The summed E-state index contributed by atoms with van der Waals surface area (Å²) in [6.45, 7) is 1.000. The normalized spacial score (nSPS) is 18.5. The maximum absolute atomic E-state index is 12.7. The van der Waals surface area contributed by atoms with Crippen molar-refractivity contribution in [1.82, 2.24) is 4.90 Å². The minimum Gasteiger partial charge on any atom is -0.440 e. The average molecular weight is 428 g/mol. The number of aliphatic hydroxyl groups excluding tert-OH is 1. The van der Waals surface area contributed by atoms with Gasteiger partial charge in [0, 0.05) is 12.1 Å². The molecule has 0 saturated carbocycles. The van der Waals surface area contributed by atoms with Gasteiger partial charge in [-0.05, 0) is 23.3 Å². The SMILES string of the molecule is O=C1O[C@H]([C@H](O)C#Cc2ccccc2)[C@H](COCc2ccccc2)N1Cc1ccccc1. The van der Waals surface area contributed by atoms with Crippen molar-refractivity contribution in [2.24, 2.45) is 0 Å². The number of carbonyl (C=O) groups is 1. The molecule has 0 aromatic heterocycles. The van der Waals surface area contributed by atoms with E-state index in [1.807, 2.05) is 91.0 Å². The molecule has 0 radical (unpaired) electrons. The van der Waals surface area contributed by atoms with E-state index < -0.39 is 24.3 Å². The number of hydrogen-bond donors (Lipinski definition) is 1. The van der Waals surface area contributed by atoms with Crippen molar-refractivity contribution in [2.75, 3.05) is 6.61 Å². The minimum absolute atomic E-state index is 0.224. The number of benzene rings is 3. The molecular formula is C27H25NO4. The molecule has 1 aliphatic rings. The number of rotatable bonds is 7. The summed E-state index contributed by atoms with van der Waals surface area (Å²) in [6.07, 6.45) is -2.42. The van der Waals surface area contributed by atoms with Crippen LogP contribution in [0.1, 0.15) is 16.7 Å². The monoisotopic (exact) mass is 427 g/mol. The minimum atomic E-state index is -1.13. The summed E-state index contributed by atoms with van der Waals surface area (Å²) < 4.78 is 11.5. The van der Waals surface area contributed by atoms with E-state index in [0.29, 0.717) is 13.2 Å². The number of ether oxygens (including phenoxy) is 2. The van der Waals surface area contributed by atoms with Gasteiger partial charge in [0.15, 0.2) is 12.2 Å². The van der Waals surface area contributed by atoms with E-state index in [4.69, 9.17) is 9.47 Å². The fraction of sp³-hybridized carbons (Fsp3) is 0.222. The zero-order valence-electron chi connectivity index (χ0n) is 17.6. The standard InChI is InChI=1S/C27H25NO4/c29-25(17-16-21-10-4-1-5-11-21)26-24(20-31-19-23-14-8-3-9-15-23)28(27(30)32-26)18-22-12-6-2-7-13-22/h1-15,24-26,29H,18-20H2/t24-,25+,26-/m0/s1. The quantitative estimate of drug-likeness (QED) is 0.579. The second-order valence-corrected chi connectivity index (χ2v) is 7.61. The number of cyclic esters (lactones) is 1. The molecular weight excluding hydrogens is 402 g/mol. The molecule has 3 aromatic carbocycles. The smallest absolute Gasteiger partial charge is 0.411 e. The first-order valence-corrected chi connectivity index (χ1v) is 10.6. The van der Waals surface area contributed by atoms with Gasteiger partial charge in [-0.15, -0.1) is 0 Å². The molecule has 0 aliphatic carbocycles. The topological polar surface area (TPSA) is 59.0 Å². The summed E-state index contributed by atoms with van der Waals surface area (Å²) in [6, 6.07) is 28.4. The Morgan fingerprint density at radius 1 is 0.906 bits per heavy atom. The fourth-order valence-corrected chi connectivity index (χ4v) is 3.63. The van der Waals surface area contributed by atoms with Crippen molar-refractivity contribution in [3.05, 3.63) is 108 Å². The van der Waals surface area contributed by atoms with Gasteiger partial charge in [-0.2, -0.15) is 0 Å². The second-order valence-electron chi connectivity index (χ2n) is 7.61. The highest BCUT2D eigenvalue weighted by molar-refractivity contribution is 5.71. The van der Waals surface area contributed by atoms with Gasteiger partial charge in [0.2, 0.25) is 0 Å². The third kappa shape index (κ3) is 5.55. The molecule has 0 bridgehead atoms. The first-order valence-electron chi connectivity index (χ1n) is 10.6. The van der Waals surface area contributed by atoms with Crippen molar-refractivity contribution in [3.8, 4) is 11.8 Å². The number of hydrogen-bond acceptors (Lipinski definition) is 4. The van der Waals surface area contributed by atoms with Crippen LogP contribution >= 0.6 is 0 Å². The van der Waals surface area contributed by atoms with E-state index in [0.717, 1.165) is 16.7 Å².